The summed E-state index contributed by atoms with van der Waals surface area (Å²) in [6.07, 6.45) is 75.4. The van der Waals surface area contributed by atoms with Crippen molar-refractivity contribution in [1.82, 2.24) is 0 Å². The highest BCUT2D eigenvalue weighted by atomic mass is 31.2. The summed E-state index contributed by atoms with van der Waals surface area (Å²) >= 11 is 0. The number of hydrogen-bond donors (Lipinski definition) is 3. The van der Waals surface area contributed by atoms with Crippen molar-refractivity contribution in [1.29, 1.82) is 0 Å². The first-order chi connectivity index (χ1) is 47.7. The summed E-state index contributed by atoms with van der Waals surface area (Å²) in [6, 6.07) is 0. The number of carbonyl (C=O) groups is 4. The Balaban J connectivity index is 5.36. The Kier molecular flexibility index (Phi) is 68.0. The van der Waals surface area contributed by atoms with E-state index in [0.717, 1.165) is 141 Å². The Hall–Kier alpha value is -4.28. The molecular formula is C79H136O17P2. The highest BCUT2D eigenvalue weighted by molar-refractivity contribution is 7.47. The minimum absolute atomic E-state index is 0.0690. The Bertz CT molecular complexity index is 2290. The van der Waals surface area contributed by atoms with E-state index in [0.29, 0.717) is 25.7 Å². The van der Waals surface area contributed by atoms with Crippen LogP contribution in [0.1, 0.15) is 310 Å². The van der Waals surface area contributed by atoms with E-state index in [4.69, 9.17) is 37.0 Å². The second kappa shape index (κ2) is 71.1. The number of phosphoric acid groups is 2. The summed E-state index contributed by atoms with van der Waals surface area (Å²) in [7, 11) is -9.97. The van der Waals surface area contributed by atoms with Gasteiger partial charge in [-0.1, -0.05) is 304 Å². The van der Waals surface area contributed by atoms with Gasteiger partial charge in [0, 0.05) is 19.3 Å². The maximum atomic E-state index is 13.1. The molecule has 0 rings (SSSR count). The molecule has 0 radical (unpaired) electrons. The lowest BCUT2D eigenvalue weighted by Crippen LogP contribution is -2.30. The molecule has 0 spiro atoms. The molecule has 0 saturated heterocycles. The molecule has 5 unspecified atom stereocenters. The van der Waals surface area contributed by atoms with E-state index < -0.39 is 97.5 Å². The third-order valence-corrected chi connectivity index (χ3v) is 17.7. The SMILES string of the molecule is CC/C=C\C/C=C\C/C=C\C/C=C\C/C=C\CC(=O)OCC(COP(=O)(O)OCC(O)COP(=O)(O)OCC(COC(=O)CCCCCCCC/C=C\C/C=C\C/C=C\C/C=C\CC)OC(=O)CCCCCCCCCCCCC)OC(=O)CCCCCCCCCCCCCCC. The van der Waals surface area contributed by atoms with Crippen LogP contribution in [0.25, 0.3) is 0 Å². The van der Waals surface area contributed by atoms with Gasteiger partial charge in [0.1, 0.15) is 19.3 Å². The zero-order valence-electron chi connectivity index (χ0n) is 61.4. The van der Waals surface area contributed by atoms with E-state index in [-0.39, 0.29) is 25.7 Å². The molecule has 19 heteroatoms. The van der Waals surface area contributed by atoms with Crippen LogP contribution in [0.5, 0.6) is 0 Å². The quantitative estimate of drug-likeness (QED) is 0.0169. The maximum Gasteiger partial charge on any atom is 0.472 e. The fraction of sp³-hybridized carbons (Fsp3) is 0.722. The lowest BCUT2D eigenvalue weighted by Gasteiger charge is -2.21. The van der Waals surface area contributed by atoms with E-state index in [1.807, 2.05) is 18.2 Å². The number of ether oxygens (including phenoxy) is 4. The Morgan fingerprint density at radius 3 is 0.908 bits per heavy atom. The summed E-state index contributed by atoms with van der Waals surface area (Å²) in [5, 5.41) is 10.6. The van der Waals surface area contributed by atoms with E-state index in [9.17, 15) is 43.2 Å². The molecule has 0 aromatic heterocycles. The average molecular weight is 1420 g/mol. The van der Waals surface area contributed by atoms with Crippen molar-refractivity contribution in [2.24, 2.45) is 0 Å². The largest absolute Gasteiger partial charge is 0.472 e. The van der Waals surface area contributed by atoms with Crippen molar-refractivity contribution >= 4 is 39.5 Å². The molecule has 0 amide bonds. The minimum Gasteiger partial charge on any atom is -0.462 e. The fourth-order valence-corrected chi connectivity index (χ4v) is 11.6. The minimum atomic E-state index is -4.99. The first-order valence-corrected chi connectivity index (χ1v) is 41.1. The van der Waals surface area contributed by atoms with Crippen LogP contribution in [0.15, 0.2) is 109 Å². The predicted octanol–water partition coefficient (Wildman–Crippen LogP) is 21.8. The molecule has 0 aliphatic heterocycles. The number of hydrogen-bond acceptors (Lipinski definition) is 15. The third-order valence-electron chi connectivity index (χ3n) is 15.8. The molecule has 564 valence electrons. The summed E-state index contributed by atoms with van der Waals surface area (Å²) in [6.45, 7) is 4.53. The number of unbranched alkanes of at least 4 members (excludes halogenated alkanes) is 28. The van der Waals surface area contributed by atoms with Crippen molar-refractivity contribution in [3.05, 3.63) is 109 Å². The standard InChI is InChI=1S/C79H136O17P2/c1-5-9-13-17-21-25-29-32-34-35-36-37-39-42-45-48-52-56-60-64-77(82)89-69-74(95-78(83)65-61-57-53-49-43-28-24-20-16-12-8-4)71-93-97(85,86)91-67-73(80)68-92-98(87,88)94-72-75(96-79(84)66-62-58-54-50-46-40-31-27-23-19-15-11-7-3)70-90-76(81)63-59-55-51-47-44-41-38-33-30-26-22-18-14-10-6-2/h9-10,13-14,21-22,25-26,32-34,36-38,44,47,55,59,73-75,80H,5-8,11-12,15-20,23-24,27-31,35,39-43,45-46,48-54,56-58,60-72H2,1-4H3,(H,85,86)(H,87,88)/b13-9-,14-10-,25-21-,26-22-,34-32-,37-36-,38-33-,47-44-,59-55-. The zero-order chi connectivity index (χ0) is 71.8. The number of esters is 4. The smallest absolute Gasteiger partial charge is 0.462 e. The summed E-state index contributed by atoms with van der Waals surface area (Å²) in [4.78, 5) is 72.7. The van der Waals surface area contributed by atoms with Gasteiger partial charge < -0.3 is 33.8 Å². The van der Waals surface area contributed by atoms with E-state index in [1.165, 1.54) is 89.9 Å². The van der Waals surface area contributed by atoms with E-state index in [2.05, 4.69) is 113 Å². The molecule has 3 N–H and O–H groups in total. The number of rotatable bonds is 71. The van der Waals surface area contributed by atoms with Gasteiger partial charge in [-0.05, 0) is 89.9 Å². The van der Waals surface area contributed by atoms with Crippen LogP contribution in [0.4, 0.5) is 0 Å². The van der Waals surface area contributed by atoms with Gasteiger partial charge in [0.25, 0.3) is 0 Å². The number of phosphoric ester groups is 2. The predicted molar refractivity (Wildman–Crippen MR) is 399 cm³/mol. The van der Waals surface area contributed by atoms with Gasteiger partial charge in [0.2, 0.25) is 0 Å². The molecule has 0 heterocycles. The van der Waals surface area contributed by atoms with Gasteiger partial charge in [0.05, 0.1) is 32.8 Å². The normalized spacial score (nSPS) is 14.6. The molecule has 0 aromatic rings. The number of aliphatic hydroxyl groups excluding tert-OH is 1. The van der Waals surface area contributed by atoms with Crippen LogP contribution >= 0.6 is 15.6 Å². The van der Waals surface area contributed by atoms with Crippen LogP contribution in [-0.2, 0) is 65.4 Å². The highest BCUT2D eigenvalue weighted by Crippen LogP contribution is 2.45. The Morgan fingerprint density at radius 2 is 0.571 bits per heavy atom. The van der Waals surface area contributed by atoms with Crippen molar-refractivity contribution in [3.8, 4) is 0 Å². The molecule has 98 heavy (non-hydrogen) atoms. The second-order valence-corrected chi connectivity index (χ2v) is 28.1. The van der Waals surface area contributed by atoms with Crippen LogP contribution in [0, 0.1) is 0 Å². The molecule has 0 bridgehead atoms. The molecule has 0 aliphatic carbocycles. The van der Waals surface area contributed by atoms with Crippen LogP contribution in [0.2, 0.25) is 0 Å². The van der Waals surface area contributed by atoms with Crippen molar-refractivity contribution in [2.75, 3.05) is 39.6 Å². The van der Waals surface area contributed by atoms with Gasteiger partial charge in [-0.25, -0.2) is 9.13 Å². The monoisotopic (exact) mass is 1420 g/mol. The average Bonchev–Trinajstić information content (AvgIpc) is 0.983. The Labute approximate surface area is 594 Å². The molecular weight excluding hydrogens is 1280 g/mol. The van der Waals surface area contributed by atoms with Crippen molar-refractivity contribution in [2.45, 2.75) is 329 Å². The summed E-state index contributed by atoms with van der Waals surface area (Å²) in [5.41, 5.74) is 0. The van der Waals surface area contributed by atoms with Crippen LogP contribution in [-0.4, -0.2) is 96.7 Å². The summed E-state index contributed by atoms with van der Waals surface area (Å²) in [5.74, 6) is -2.32. The maximum absolute atomic E-state index is 13.1. The first-order valence-electron chi connectivity index (χ1n) is 38.1. The van der Waals surface area contributed by atoms with Crippen LogP contribution in [0.3, 0.4) is 0 Å². The molecule has 5 atom stereocenters. The molecule has 0 aliphatic rings. The number of allylic oxidation sites excluding steroid dienone is 17. The van der Waals surface area contributed by atoms with Gasteiger partial charge >= 0.3 is 39.5 Å². The molecule has 0 aromatic carbocycles. The molecule has 0 saturated carbocycles. The first kappa shape index (κ1) is 93.7. The third kappa shape index (κ3) is 70.2. The fourth-order valence-electron chi connectivity index (χ4n) is 10.0. The molecule has 17 nitrogen and oxygen atoms in total. The zero-order valence-corrected chi connectivity index (χ0v) is 63.2. The second-order valence-electron chi connectivity index (χ2n) is 25.2. The number of aliphatic hydroxyl groups is 1. The number of carbonyl (C=O) groups excluding carboxylic acids is 4. The summed E-state index contributed by atoms with van der Waals surface area (Å²) < 4.78 is 68.3. The van der Waals surface area contributed by atoms with Gasteiger partial charge in [0.15, 0.2) is 12.2 Å². The Morgan fingerprint density at radius 1 is 0.306 bits per heavy atom. The van der Waals surface area contributed by atoms with Gasteiger partial charge in [-0.3, -0.25) is 37.3 Å². The molecule has 0 fully saturated rings. The van der Waals surface area contributed by atoms with Crippen molar-refractivity contribution in [3.63, 3.8) is 0 Å². The van der Waals surface area contributed by atoms with Crippen molar-refractivity contribution < 1.29 is 80.2 Å². The van der Waals surface area contributed by atoms with Gasteiger partial charge in [-0.15, -0.1) is 0 Å². The van der Waals surface area contributed by atoms with E-state index >= 15 is 0 Å². The van der Waals surface area contributed by atoms with Crippen LogP contribution < -0.4 is 0 Å². The highest BCUT2D eigenvalue weighted by Gasteiger charge is 2.30. The lowest BCUT2D eigenvalue weighted by atomic mass is 10.0. The van der Waals surface area contributed by atoms with E-state index in [1.54, 1.807) is 6.08 Å². The topological polar surface area (TPSA) is 237 Å². The lowest BCUT2D eigenvalue weighted by molar-refractivity contribution is -0.161. The van der Waals surface area contributed by atoms with Gasteiger partial charge in [-0.2, -0.15) is 0 Å².